The molecule has 0 aromatic heterocycles. The van der Waals surface area contributed by atoms with Crippen LogP contribution in [0.5, 0.6) is 0 Å². The predicted octanol–water partition coefficient (Wildman–Crippen LogP) is 21.7. The molecular weight excluding hydrogens is 1340 g/mol. The first-order valence-electron chi connectivity index (χ1n) is 39.3. The first-order valence-corrected chi connectivity index (χ1v) is 44.8. The van der Waals surface area contributed by atoms with Crippen molar-refractivity contribution < 1.29 is 26.6 Å². The summed E-state index contributed by atoms with van der Waals surface area (Å²) in [6, 6.07) is 0. The lowest BCUT2D eigenvalue weighted by Crippen LogP contribution is -3.00. The number of halogens is 3. The molecule has 0 aliphatic rings. The molecule has 0 spiro atoms. The number of carbonyl (C=O) groups excluding carboxylic acids is 2. The summed E-state index contributed by atoms with van der Waals surface area (Å²) in [6.07, 6.45) is 68.1. The zero-order valence-corrected chi connectivity index (χ0v) is 70.7. The quantitative estimate of drug-likeness (QED) is 0.0359. The summed E-state index contributed by atoms with van der Waals surface area (Å²) < 4.78 is 0. The van der Waals surface area contributed by atoms with E-state index in [1.165, 1.54) is 244 Å². The van der Waals surface area contributed by atoms with Crippen molar-refractivity contribution >= 4 is 59.9 Å². The van der Waals surface area contributed by atoms with Crippen molar-refractivity contribution in [2.24, 2.45) is 35.1 Å². The Bertz CT molecular complexity index is 1230. The van der Waals surface area contributed by atoms with Crippen LogP contribution in [0, 0.1) is 23.7 Å². The number of amides is 2. The molecule has 0 aliphatic carbocycles. The van der Waals surface area contributed by atoms with Crippen LogP contribution in [0.15, 0.2) is 0 Å². The van der Waals surface area contributed by atoms with Crippen molar-refractivity contribution in [3.8, 4) is 0 Å². The van der Waals surface area contributed by atoms with Crippen molar-refractivity contribution in [2.45, 2.75) is 361 Å². The summed E-state index contributed by atoms with van der Waals surface area (Å²) in [4.78, 5) is 32.1. The third-order valence-corrected chi connectivity index (χ3v) is 25.7. The second-order valence-electron chi connectivity index (χ2n) is 28.9. The Morgan fingerprint density at radius 2 is 0.589 bits per heavy atom. The molecule has 90 heavy (non-hydrogen) atoms. The highest BCUT2D eigenvalue weighted by Crippen LogP contribution is 2.61. The van der Waals surface area contributed by atoms with Crippen molar-refractivity contribution in [1.29, 1.82) is 0 Å². The van der Waals surface area contributed by atoms with Gasteiger partial charge in [0.1, 0.15) is 0 Å². The van der Waals surface area contributed by atoms with E-state index in [4.69, 9.17) is 11.5 Å². The van der Waals surface area contributed by atoms with E-state index in [1.54, 1.807) is 37.0 Å². The summed E-state index contributed by atoms with van der Waals surface area (Å²) >= 11 is 3.23. The highest BCUT2D eigenvalue weighted by atomic mass is 79.9. The predicted molar refractivity (Wildman–Crippen MR) is 423 cm³/mol. The lowest BCUT2D eigenvalue weighted by atomic mass is 10.1. The van der Waals surface area contributed by atoms with Crippen LogP contribution in [0.25, 0.3) is 0 Å². The third kappa shape index (κ3) is 76.5. The van der Waals surface area contributed by atoms with Gasteiger partial charge in [-0.2, -0.15) is 0 Å². The number of unbranched alkanes of at least 4 members (excludes halogenated alkanes) is 31. The zero-order chi connectivity index (χ0) is 66.6. The summed E-state index contributed by atoms with van der Waals surface area (Å²) in [5.41, 5.74) is 11.1. The molecule has 12 heteroatoms. The first kappa shape index (κ1) is 102. The molecule has 4 N–H and O–H groups in total. The highest BCUT2D eigenvalue weighted by Gasteiger charge is 2.35. The molecular formula is C78H168Br3N5O2P2. The number of rotatable bonds is 62. The average molecular weight is 1510 g/mol. The molecule has 7 nitrogen and oxygen atoms in total. The Morgan fingerprint density at radius 1 is 0.356 bits per heavy atom. The summed E-state index contributed by atoms with van der Waals surface area (Å²) in [5.74, 6) is 2.06. The minimum atomic E-state index is -0.759. The minimum Gasteiger partial charge on any atom is -1.00 e. The fourth-order valence-electron chi connectivity index (χ4n) is 12.0. The summed E-state index contributed by atoms with van der Waals surface area (Å²) in [6.45, 7) is 39.5. The van der Waals surface area contributed by atoms with E-state index in [0.717, 1.165) is 70.4 Å². The van der Waals surface area contributed by atoms with Crippen molar-refractivity contribution in [3.63, 3.8) is 0 Å². The lowest BCUT2D eigenvalue weighted by molar-refractivity contribution is -0.137. The average Bonchev–Trinajstić information content (AvgIpc) is 3.58. The second-order valence-corrected chi connectivity index (χ2v) is 36.8. The van der Waals surface area contributed by atoms with Gasteiger partial charge < -0.3 is 38.2 Å². The molecule has 0 heterocycles. The van der Waals surface area contributed by atoms with Crippen molar-refractivity contribution in [3.05, 3.63) is 0 Å². The largest absolute Gasteiger partial charge is 1.00 e. The van der Waals surface area contributed by atoms with Gasteiger partial charge in [0, 0.05) is 38.8 Å². The zero-order valence-electron chi connectivity index (χ0n) is 64.0. The normalized spacial score (nSPS) is 11.4. The van der Waals surface area contributed by atoms with Crippen molar-refractivity contribution in [2.75, 3.05) is 107 Å². The number of nitrogens with zero attached hydrogens (tertiary/aromatic N) is 3. The van der Waals surface area contributed by atoms with Gasteiger partial charge in [0.2, 0.25) is 11.8 Å². The maximum Gasteiger partial charge on any atom is 0.236 e. The fourth-order valence-corrected chi connectivity index (χ4v) is 19.9. The monoisotopic (exact) mass is 1510 g/mol. The smallest absolute Gasteiger partial charge is 0.236 e. The van der Waals surface area contributed by atoms with E-state index in [0.29, 0.717) is 44.7 Å². The summed E-state index contributed by atoms with van der Waals surface area (Å²) in [5, 5.41) is 1.03. The van der Waals surface area contributed by atoms with Crippen LogP contribution < -0.4 is 28.4 Å². The van der Waals surface area contributed by atoms with Gasteiger partial charge in [0.25, 0.3) is 0 Å². The maximum absolute atomic E-state index is 13.1. The van der Waals surface area contributed by atoms with E-state index in [-0.39, 0.29) is 45.8 Å². The molecule has 0 saturated carbocycles. The third-order valence-electron chi connectivity index (χ3n) is 17.2. The summed E-state index contributed by atoms with van der Waals surface area (Å²) in [7, 11) is -0.394. The Hall–Kier alpha value is 1.12. The van der Waals surface area contributed by atoms with E-state index in [2.05, 4.69) is 125 Å². The Balaban J connectivity index is -0.000000280. The van der Waals surface area contributed by atoms with E-state index >= 15 is 0 Å². The molecule has 0 aromatic carbocycles. The number of hydrogen-bond acceptors (Lipinski definition) is 5. The van der Waals surface area contributed by atoms with Crippen LogP contribution in [0.1, 0.15) is 361 Å². The number of hydrogen-bond donors (Lipinski definition) is 2. The molecule has 0 radical (unpaired) electrons. The highest BCUT2D eigenvalue weighted by molar-refractivity contribution is 9.09. The molecule has 0 bridgehead atoms. The van der Waals surface area contributed by atoms with Crippen LogP contribution in [0.2, 0.25) is 0 Å². The number of alkyl halides is 1. The van der Waals surface area contributed by atoms with Crippen LogP contribution in [-0.2, 0) is 9.59 Å². The van der Waals surface area contributed by atoms with Gasteiger partial charge in [-0.1, -0.05) is 300 Å². The van der Waals surface area contributed by atoms with Crippen LogP contribution in [-0.4, -0.2) is 134 Å². The first-order chi connectivity index (χ1) is 42.5. The molecule has 0 atom stereocenters. The molecule has 0 rings (SSSR count). The SMILES string of the molecule is Br.CCCCCCCCP(CCCCCCCC)CCCCCCCC.CCCCCCCC[P+](CCCN)(CCCCCCCC)CCCCCCCC.CCCCN(CC(=O)N(CC(C)C)CC(C)C)CC(=O)N(CC(C)C)CC(C)C.NCCCBr.[Br-]. The van der Waals surface area contributed by atoms with Gasteiger partial charge in [-0.15, -0.1) is 24.9 Å². The van der Waals surface area contributed by atoms with Gasteiger partial charge >= 0.3 is 0 Å². The molecule has 548 valence electrons. The van der Waals surface area contributed by atoms with Crippen molar-refractivity contribution in [1.82, 2.24) is 14.7 Å². The maximum atomic E-state index is 13.1. The molecule has 0 fully saturated rings. The standard InChI is InChI=1S/C27H59NP.C24H49N3O2.C24H51P.C3H8BrN.2BrH/c1-4-7-10-13-16-19-24-29(27-22-23-28,25-20-17-14-11-8-5-2)26-21-18-15-12-9-6-3;1-10-11-12-25(17-23(28)26(13-19(2)3)14-20(4)5)18-24(29)27(15-21(6)7)16-22(8)9;1-4-7-10-13-16-19-22-25(23-20-17-14-11-8-5-2)24-21-18-15-12-9-6-3;4-2-1-3-5;;/h4-28H2,1-3H3;19-22H,10-18H2,1-9H3;4-24H2,1-3H3;1-3,5H2;2*1H/q+1;;;;;/p-1. The van der Waals surface area contributed by atoms with Gasteiger partial charge in [0.15, 0.2) is 0 Å². The number of carbonyl (C=O) groups is 2. The second kappa shape index (κ2) is 80.8. The van der Waals surface area contributed by atoms with Crippen LogP contribution >= 0.6 is 48.1 Å². The van der Waals surface area contributed by atoms with E-state index < -0.39 is 7.26 Å². The Morgan fingerprint density at radius 3 is 0.811 bits per heavy atom. The molecule has 0 saturated heterocycles. The molecule has 0 unspecified atom stereocenters. The van der Waals surface area contributed by atoms with Gasteiger partial charge in [-0.3, -0.25) is 14.5 Å². The van der Waals surface area contributed by atoms with Gasteiger partial charge in [-0.25, -0.2) is 0 Å². The van der Waals surface area contributed by atoms with Gasteiger partial charge in [-0.05, 0) is 139 Å². The van der Waals surface area contributed by atoms with E-state index in [9.17, 15) is 9.59 Å². The lowest BCUT2D eigenvalue weighted by Gasteiger charge is -2.32. The van der Waals surface area contributed by atoms with Crippen LogP contribution in [0.3, 0.4) is 0 Å². The van der Waals surface area contributed by atoms with Crippen LogP contribution in [0.4, 0.5) is 0 Å². The fraction of sp³-hybridized carbons (Fsp3) is 0.974. The molecule has 0 aromatic rings. The van der Waals surface area contributed by atoms with Gasteiger partial charge in [0.05, 0.1) is 37.7 Å². The Kier molecular flexibility index (Phi) is 91.7. The van der Waals surface area contributed by atoms with E-state index in [1.807, 2.05) is 9.80 Å². The number of nitrogens with two attached hydrogens (primary N) is 2. The minimum absolute atomic E-state index is 0. The Labute approximate surface area is 600 Å². The topological polar surface area (TPSA) is 95.9 Å². The molecule has 2 amide bonds. The molecule has 0 aliphatic heterocycles.